The van der Waals surface area contributed by atoms with Gasteiger partial charge in [-0.2, -0.15) is 0 Å². The smallest absolute Gasteiger partial charge is 0.253 e. The Balaban J connectivity index is 1.11. The molecule has 0 radical (unpaired) electrons. The number of fused-ring (bicyclic) bond motifs is 1. The molecule has 1 spiro atoms. The molecule has 1 N–H and O–H groups in total. The van der Waals surface area contributed by atoms with Crippen molar-refractivity contribution in [1.29, 1.82) is 0 Å². The van der Waals surface area contributed by atoms with Crippen molar-refractivity contribution in [3.63, 3.8) is 0 Å². The van der Waals surface area contributed by atoms with Crippen molar-refractivity contribution in [2.75, 3.05) is 31.1 Å². The van der Waals surface area contributed by atoms with Crippen molar-refractivity contribution in [3.05, 3.63) is 99.8 Å². The molecule has 7 heteroatoms. The molecule has 0 bridgehead atoms. The van der Waals surface area contributed by atoms with Crippen LogP contribution in [0.2, 0.25) is 5.02 Å². The Kier molecular flexibility index (Phi) is 6.60. The van der Waals surface area contributed by atoms with E-state index in [2.05, 4.69) is 10.2 Å². The van der Waals surface area contributed by atoms with E-state index >= 15 is 0 Å². The van der Waals surface area contributed by atoms with Gasteiger partial charge in [-0.3, -0.25) is 9.59 Å². The molecule has 3 aliphatic rings. The van der Waals surface area contributed by atoms with Crippen LogP contribution in [0.15, 0.2) is 66.7 Å². The van der Waals surface area contributed by atoms with Crippen LogP contribution in [-0.2, 0) is 6.42 Å². The molecule has 1 atom stereocenters. The van der Waals surface area contributed by atoms with Crippen LogP contribution in [0.4, 0.5) is 10.1 Å². The summed E-state index contributed by atoms with van der Waals surface area (Å²) in [6, 6.07) is 19.6. The van der Waals surface area contributed by atoms with Crippen LogP contribution in [0, 0.1) is 11.2 Å². The van der Waals surface area contributed by atoms with Gasteiger partial charge in [0.15, 0.2) is 0 Å². The number of piperidine rings is 1. The average Bonchev–Trinajstić information content (AvgIpc) is 3.53. The third kappa shape index (κ3) is 4.78. The van der Waals surface area contributed by atoms with Gasteiger partial charge in [-0.05, 0) is 97.2 Å². The van der Waals surface area contributed by atoms with Gasteiger partial charge in [0.2, 0.25) is 0 Å². The maximum absolute atomic E-state index is 13.6. The highest BCUT2D eigenvalue weighted by molar-refractivity contribution is 6.33. The van der Waals surface area contributed by atoms with E-state index in [-0.39, 0.29) is 29.1 Å². The molecule has 38 heavy (non-hydrogen) atoms. The van der Waals surface area contributed by atoms with Gasteiger partial charge >= 0.3 is 0 Å². The summed E-state index contributed by atoms with van der Waals surface area (Å²) in [4.78, 5) is 30.7. The summed E-state index contributed by atoms with van der Waals surface area (Å²) in [5.41, 5.74) is 4.55. The molecular formula is C31H31ClFN3O2. The fourth-order valence-electron chi connectivity index (χ4n) is 6.36. The molecule has 196 valence electrons. The molecule has 2 amide bonds. The van der Waals surface area contributed by atoms with Crippen molar-refractivity contribution in [2.45, 2.75) is 38.1 Å². The highest BCUT2D eigenvalue weighted by Gasteiger charge is 2.42. The summed E-state index contributed by atoms with van der Waals surface area (Å²) in [6.07, 6.45) is 4.73. The Labute approximate surface area is 227 Å². The predicted molar refractivity (Wildman–Crippen MR) is 147 cm³/mol. The van der Waals surface area contributed by atoms with Crippen LogP contribution in [0.25, 0.3) is 0 Å². The maximum Gasteiger partial charge on any atom is 0.253 e. The normalized spacial score (nSPS) is 20.0. The van der Waals surface area contributed by atoms with Gasteiger partial charge in [0.05, 0.1) is 16.6 Å². The Bertz CT molecular complexity index is 1370. The summed E-state index contributed by atoms with van der Waals surface area (Å²) in [5, 5.41) is 3.55. The van der Waals surface area contributed by atoms with Gasteiger partial charge in [-0.1, -0.05) is 29.8 Å². The lowest BCUT2D eigenvalue weighted by Gasteiger charge is -2.40. The number of likely N-dealkylation sites (tertiary alicyclic amines) is 1. The van der Waals surface area contributed by atoms with Crippen LogP contribution in [-0.4, -0.2) is 42.9 Å². The molecule has 1 unspecified atom stereocenters. The van der Waals surface area contributed by atoms with E-state index in [0.717, 1.165) is 69.5 Å². The Morgan fingerprint density at radius 1 is 0.947 bits per heavy atom. The van der Waals surface area contributed by atoms with Crippen molar-refractivity contribution in [2.24, 2.45) is 5.41 Å². The lowest BCUT2D eigenvalue weighted by atomic mass is 9.77. The second-order valence-electron chi connectivity index (χ2n) is 10.9. The minimum absolute atomic E-state index is 0.0636. The molecule has 6 rings (SSSR count). The average molecular weight is 532 g/mol. The fraction of sp³-hybridized carbons (Fsp3) is 0.355. The molecule has 0 saturated carbocycles. The van der Waals surface area contributed by atoms with E-state index in [1.54, 1.807) is 24.3 Å². The SMILES string of the molecule is O=C(NC1CCc2ccc(C(=O)N3CCC4(CCN(c5ccc(F)cc5)CC4)C3)cc21)c1ccccc1Cl. The second-order valence-corrected chi connectivity index (χ2v) is 11.3. The van der Waals surface area contributed by atoms with Gasteiger partial charge in [-0.15, -0.1) is 0 Å². The zero-order chi connectivity index (χ0) is 26.3. The number of carbonyl (C=O) groups excluding carboxylic acids is 2. The van der Waals surface area contributed by atoms with Crippen LogP contribution < -0.4 is 10.2 Å². The van der Waals surface area contributed by atoms with Crippen molar-refractivity contribution < 1.29 is 14.0 Å². The molecular weight excluding hydrogens is 501 g/mol. The third-order valence-corrected chi connectivity index (χ3v) is 8.97. The lowest BCUT2D eigenvalue weighted by molar-refractivity contribution is 0.0764. The van der Waals surface area contributed by atoms with E-state index in [1.165, 1.54) is 17.7 Å². The zero-order valence-corrected chi connectivity index (χ0v) is 22.0. The standard InChI is InChI=1S/C31H31ClFN3O2/c32-27-4-2-1-3-25(27)29(37)34-28-12-7-21-5-6-22(19-26(21)28)30(38)36-18-15-31(20-36)13-16-35(17-14-31)24-10-8-23(33)9-11-24/h1-6,8-11,19,28H,7,12-18,20H2,(H,34,37). The van der Waals surface area contributed by atoms with Crippen LogP contribution >= 0.6 is 11.6 Å². The van der Waals surface area contributed by atoms with E-state index in [4.69, 9.17) is 11.6 Å². The van der Waals surface area contributed by atoms with Gasteiger partial charge in [-0.25, -0.2) is 4.39 Å². The van der Waals surface area contributed by atoms with Gasteiger partial charge in [0.25, 0.3) is 11.8 Å². The summed E-state index contributed by atoms with van der Waals surface area (Å²) in [5.74, 6) is -0.347. The largest absolute Gasteiger partial charge is 0.371 e. The number of hydrogen-bond acceptors (Lipinski definition) is 3. The van der Waals surface area contributed by atoms with E-state index in [0.29, 0.717) is 16.1 Å². The molecule has 2 fully saturated rings. The van der Waals surface area contributed by atoms with Gasteiger partial charge < -0.3 is 15.1 Å². The zero-order valence-electron chi connectivity index (χ0n) is 21.3. The first-order chi connectivity index (χ1) is 18.4. The third-order valence-electron chi connectivity index (χ3n) is 8.64. The minimum atomic E-state index is -0.215. The minimum Gasteiger partial charge on any atom is -0.371 e. The van der Waals surface area contributed by atoms with Crippen molar-refractivity contribution in [1.82, 2.24) is 10.2 Å². The first kappa shape index (κ1) is 24.9. The first-order valence-electron chi connectivity index (χ1n) is 13.4. The molecule has 2 aliphatic heterocycles. The number of aryl methyl sites for hydroxylation is 1. The number of halogens is 2. The second kappa shape index (κ2) is 10.1. The van der Waals surface area contributed by atoms with Gasteiger partial charge in [0, 0.05) is 37.4 Å². The van der Waals surface area contributed by atoms with Crippen molar-refractivity contribution >= 4 is 29.1 Å². The maximum atomic E-state index is 13.6. The van der Waals surface area contributed by atoms with E-state index < -0.39 is 0 Å². The number of nitrogens with zero attached hydrogens (tertiary/aromatic N) is 2. The number of nitrogens with one attached hydrogen (secondary N) is 1. The highest BCUT2D eigenvalue weighted by Crippen LogP contribution is 2.42. The number of benzene rings is 3. The molecule has 2 heterocycles. The highest BCUT2D eigenvalue weighted by atomic mass is 35.5. The number of hydrogen-bond donors (Lipinski definition) is 1. The summed E-state index contributed by atoms with van der Waals surface area (Å²) in [7, 11) is 0. The Morgan fingerprint density at radius 2 is 1.68 bits per heavy atom. The number of amides is 2. The summed E-state index contributed by atoms with van der Waals surface area (Å²) >= 11 is 6.22. The number of carbonyl (C=O) groups is 2. The molecule has 2 saturated heterocycles. The molecule has 3 aromatic rings. The monoisotopic (exact) mass is 531 g/mol. The topological polar surface area (TPSA) is 52.7 Å². The Morgan fingerprint density at radius 3 is 2.45 bits per heavy atom. The summed E-state index contributed by atoms with van der Waals surface area (Å²) in [6.45, 7) is 3.37. The van der Waals surface area contributed by atoms with Crippen LogP contribution in [0.3, 0.4) is 0 Å². The lowest BCUT2D eigenvalue weighted by Crippen LogP contribution is -2.42. The van der Waals surface area contributed by atoms with E-state index in [1.807, 2.05) is 35.2 Å². The quantitative estimate of drug-likeness (QED) is 0.447. The number of rotatable bonds is 4. The Hall–Kier alpha value is -3.38. The van der Waals surface area contributed by atoms with Crippen LogP contribution in [0.5, 0.6) is 0 Å². The number of anilines is 1. The predicted octanol–water partition coefficient (Wildman–Crippen LogP) is 6.03. The van der Waals surface area contributed by atoms with E-state index in [9.17, 15) is 14.0 Å². The molecule has 5 nitrogen and oxygen atoms in total. The molecule has 3 aromatic carbocycles. The first-order valence-corrected chi connectivity index (χ1v) is 13.8. The van der Waals surface area contributed by atoms with Gasteiger partial charge in [0.1, 0.15) is 5.82 Å². The van der Waals surface area contributed by atoms with Crippen molar-refractivity contribution in [3.8, 4) is 0 Å². The van der Waals surface area contributed by atoms with Crippen LogP contribution in [0.1, 0.15) is 63.6 Å². The summed E-state index contributed by atoms with van der Waals surface area (Å²) < 4.78 is 13.3. The fourth-order valence-corrected chi connectivity index (χ4v) is 6.58. The molecule has 1 aliphatic carbocycles. The molecule has 0 aromatic heterocycles.